The molecule has 5 rings (SSSR count). The van der Waals surface area contributed by atoms with Crippen LogP contribution < -0.4 is 5.32 Å². The average molecular weight is 367 g/mol. The van der Waals surface area contributed by atoms with Crippen molar-refractivity contribution in [2.24, 2.45) is 5.92 Å². The number of furan rings is 1. The normalized spacial score (nSPS) is 25.4. The van der Waals surface area contributed by atoms with Crippen molar-refractivity contribution in [3.63, 3.8) is 0 Å². The number of fused-ring (bicyclic) bond motifs is 4. The zero-order valence-corrected chi connectivity index (χ0v) is 13.7. The molecule has 3 aliphatic rings. The quantitative estimate of drug-likeness (QED) is 0.844. The maximum Gasteiger partial charge on any atom is 0.455 e. The molecular weight excluding hydrogens is 351 g/mol. The lowest BCUT2D eigenvalue weighted by Crippen LogP contribution is -2.57. The van der Waals surface area contributed by atoms with Gasteiger partial charge in [-0.1, -0.05) is 0 Å². The SMILES string of the molecule is O=C(NC1CN2CCC1CC2)c1cc2c(C(=O)C(F)(F)F)coc2cn1. The minimum Gasteiger partial charge on any atom is -0.462 e. The number of nitrogens with one attached hydrogen (secondary N) is 1. The monoisotopic (exact) mass is 367 g/mol. The summed E-state index contributed by atoms with van der Waals surface area (Å²) in [6.07, 6.45) is -1.07. The van der Waals surface area contributed by atoms with Crippen LogP contribution in [0.25, 0.3) is 11.0 Å². The summed E-state index contributed by atoms with van der Waals surface area (Å²) >= 11 is 0. The van der Waals surface area contributed by atoms with Crippen LogP contribution in [0.4, 0.5) is 13.2 Å². The van der Waals surface area contributed by atoms with Crippen molar-refractivity contribution >= 4 is 22.7 Å². The fourth-order valence-electron chi connectivity index (χ4n) is 3.76. The summed E-state index contributed by atoms with van der Waals surface area (Å²) in [7, 11) is 0. The van der Waals surface area contributed by atoms with Crippen LogP contribution in [0.1, 0.15) is 33.7 Å². The van der Waals surface area contributed by atoms with Gasteiger partial charge in [-0.25, -0.2) is 4.98 Å². The number of hydrogen-bond acceptors (Lipinski definition) is 5. The number of aromatic nitrogens is 1. The van der Waals surface area contributed by atoms with Gasteiger partial charge in [-0.05, 0) is 37.9 Å². The molecule has 1 atom stereocenters. The van der Waals surface area contributed by atoms with E-state index >= 15 is 0 Å². The van der Waals surface area contributed by atoms with Crippen molar-refractivity contribution in [2.45, 2.75) is 25.1 Å². The van der Waals surface area contributed by atoms with E-state index < -0.39 is 23.4 Å². The van der Waals surface area contributed by atoms with Gasteiger partial charge in [0, 0.05) is 18.0 Å². The third-order valence-electron chi connectivity index (χ3n) is 5.17. The number of nitrogens with zero attached hydrogens (tertiary/aromatic N) is 2. The van der Waals surface area contributed by atoms with Gasteiger partial charge in [-0.2, -0.15) is 13.2 Å². The van der Waals surface area contributed by atoms with Gasteiger partial charge in [0.2, 0.25) is 0 Å². The molecule has 2 aromatic rings. The van der Waals surface area contributed by atoms with Gasteiger partial charge in [-0.3, -0.25) is 9.59 Å². The number of pyridine rings is 1. The maximum absolute atomic E-state index is 12.7. The number of alkyl halides is 3. The summed E-state index contributed by atoms with van der Waals surface area (Å²) in [5, 5.41) is 2.85. The molecule has 26 heavy (non-hydrogen) atoms. The molecule has 5 heterocycles. The molecule has 1 amide bonds. The van der Waals surface area contributed by atoms with Crippen molar-refractivity contribution in [1.29, 1.82) is 0 Å². The first-order chi connectivity index (χ1) is 12.3. The number of hydrogen-bond donors (Lipinski definition) is 1. The zero-order valence-electron chi connectivity index (χ0n) is 13.7. The highest BCUT2D eigenvalue weighted by Gasteiger charge is 2.41. The highest BCUT2D eigenvalue weighted by Crippen LogP contribution is 2.29. The van der Waals surface area contributed by atoms with E-state index in [0.29, 0.717) is 5.92 Å². The largest absolute Gasteiger partial charge is 0.462 e. The standard InChI is InChI=1S/C17H16F3N3O3/c18-17(19,20)15(24)11-8-26-14-6-21-12(5-10(11)14)16(25)22-13-7-23-3-1-9(13)2-4-23/h5-6,8-9,13H,1-4,7H2,(H,22,25). The van der Waals surface area contributed by atoms with Crippen molar-refractivity contribution in [3.8, 4) is 0 Å². The van der Waals surface area contributed by atoms with Crippen LogP contribution in [0, 0.1) is 5.92 Å². The lowest BCUT2D eigenvalue weighted by molar-refractivity contribution is -0.0884. The Balaban J connectivity index is 1.58. The molecule has 0 aromatic carbocycles. The predicted molar refractivity (Wildman–Crippen MR) is 84.8 cm³/mol. The number of Topliss-reactive ketones (excluding diaryl/α,β-unsaturated/α-hetero) is 1. The number of carbonyl (C=O) groups excluding carboxylic acids is 2. The third kappa shape index (κ3) is 2.96. The van der Waals surface area contributed by atoms with E-state index in [1.54, 1.807) is 0 Å². The molecule has 3 saturated heterocycles. The number of ketones is 1. The first-order valence-electron chi connectivity index (χ1n) is 8.35. The summed E-state index contributed by atoms with van der Waals surface area (Å²) in [4.78, 5) is 30.3. The minimum absolute atomic E-state index is 0.00289. The number of halogens is 3. The Labute approximate surface area is 146 Å². The molecule has 1 N–H and O–H groups in total. The molecule has 3 fully saturated rings. The van der Waals surface area contributed by atoms with E-state index in [1.807, 2.05) is 0 Å². The van der Waals surface area contributed by atoms with Crippen LogP contribution in [-0.2, 0) is 0 Å². The number of rotatable bonds is 3. The summed E-state index contributed by atoms with van der Waals surface area (Å²) in [5.74, 6) is -2.06. The van der Waals surface area contributed by atoms with E-state index in [1.165, 1.54) is 6.07 Å². The molecule has 9 heteroatoms. The van der Waals surface area contributed by atoms with Crippen LogP contribution in [-0.4, -0.2) is 53.4 Å². The second kappa shape index (κ2) is 6.08. The smallest absolute Gasteiger partial charge is 0.455 e. The summed E-state index contributed by atoms with van der Waals surface area (Å²) in [5.41, 5.74) is -0.629. The second-order valence-electron chi connectivity index (χ2n) is 6.76. The molecule has 2 aromatic heterocycles. The van der Waals surface area contributed by atoms with Gasteiger partial charge in [0.1, 0.15) is 12.0 Å². The Morgan fingerprint density at radius 1 is 1.27 bits per heavy atom. The topological polar surface area (TPSA) is 75.4 Å². The third-order valence-corrected chi connectivity index (χ3v) is 5.17. The van der Waals surface area contributed by atoms with E-state index in [2.05, 4.69) is 15.2 Å². The Hall–Kier alpha value is -2.42. The van der Waals surface area contributed by atoms with Crippen LogP contribution in [0.5, 0.6) is 0 Å². The van der Waals surface area contributed by atoms with Gasteiger partial charge in [0.15, 0.2) is 5.58 Å². The fourth-order valence-corrected chi connectivity index (χ4v) is 3.76. The van der Waals surface area contributed by atoms with Crippen LogP contribution in [0.2, 0.25) is 0 Å². The van der Waals surface area contributed by atoms with Crippen LogP contribution in [0.3, 0.4) is 0 Å². The summed E-state index contributed by atoms with van der Waals surface area (Å²) in [6.45, 7) is 2.82. The zero-order chi connectivity index (χ0) is 18.5. The molecule has 0 saturated carbocycles. The summed E-state index contributed by atoms with van der Waals surface area (Å²) < 4.78 is 43.1. The lowest BCUT2D eigenvalue weighted by Gasteiger charge is -2.44. The number of carbonyl (C=O) groups is 2. The average Bonchev–Trinajstić information content (AvgIpc) is 3.04. The van der Waals surface area contributed by atoms with Crippen molar-refractivity contribution in [3.05, 3.63) is 29.8 Å². The minimum atomic E-state index is -5.02. The van der Waals surface area contributed by atoms with Gasteiger partial charge < -0.3 is 14.6 Å². The maximum atomic E-state index is 12.7. The fraction of sp³-hybridized carbons (Fsp3) is 0.471. The van der Waals surface area contributed by atoms with Gasteiger partial charge in [-0.15, -0.1) is 0 Å². The molecule has 0 aliphatic carbocycles. The van der Waals surface area contributed by atoms with E-state index in [0.717, 1.165) is 44.9 Å². The Kier molecular flexibility index (Phi) is 3.98. The molecule has 0 radical (unpaired) electrons. The van der Waals surface area contributed by atoms with E-state index in [9.17, 15) is 22.8 Å². The lowest BCUT2D eigenvalue weighted by atomic mass is 9.84. The Morgan fingerprint density at radius 2 is 2.00 bits per heavy atom. The first-order valence-corrected chi connectivity index (χ1v) is 8.35. The van der Waals surface area contributed by atoms with Gasteiger partial charge in [0.05, 0.1) is 11.8 Å². The number of amides is 1. The predicted octanol–water partition coefficient (Wildman–Crippen LogP) is 2.40. The molecule has 0 spiro atoms. The van der Waals surface area contributed by atoms with Crippen molar-refractivity contribution in [2.75, 3.05) is 19.6 Å². The molecule has 138 valence electrons. The number of piperidine rings is 3. The molecule has 3 aliphatic heterocycles. The van der Waals surface area contributed by atoms with E-state index in [4.69, 9.17) is 4.42 Å². The molecule has 6 nitrogen and oxygen atoms in total. The molecular formula is C17H16F3N3O3. The van der Waals surface area contributed by atoms with Gasteiger partial charge in [0.25, 0.3) is 11.7 Å². The van der Waals surface area contributed by atoms with Crippen molar-refractivity contribution < 1.29 is 27.2 Å². The summed E-state index contributed by atoms with van der Waals surface area (Å²) in [6, 6.07) is 1.18. The highest BCUT2D eigenvalue weighted by molar-refractivity contribution is 6.10. The molecule has 2 bridgehead atoms. The van der Waals surface area contributed by atoms with Crippen LogP contribution in [0.15, 0.2) is 22.9 Å². The van der Waals surface area contributed by atoms with E-state index in [-0.39, 0.29) is 22.7 Å². The Bertz CT molecular complexity index is 869. The molecule has 1 unspecified atom stereocenters. The second-order valence-corrected chi connectivity index (χ2v) is 6.76. The van der Waals surface area contributed by atoms with Gasteiger partial charge >= 0.3 is 6.18 Å². The first kappa shape index (κ1) is 17.0. The van der Waals surface area contributed by atoms with Crippen molar-refractivity contribution in [1.82, 2.24) is 15.2 Å². The van der Waals surface area contributed by atoms with Crippen LogP contribution >= 0.6 is 0 Å². The highest BCUT2D eigenvalue weighted by atomic mass is 19.4. The Morgan fingerprint density at radius 3 is 2.62 bits per heavy atom.